The van der Waals surface area contributed by atoms with Crippen LogP contribution in [0.4, 0.5) is 0 Å². The lowest BCUT2D eigenvalue weighted by Gasteiger charge is -2.03. The van der Waals surface area contributed by atoms with E-state index in [9.17, 15) is 9.00 Å². The van der Waals surface area contributed by atoms with Crippen LogP contribution in [0.5, 0.6) is 0 Å². The SMILES string of the molecule is CCCNC(=O)c1ccc(-c2nc(CS(=O)c3ccc(C)cc3)c(C)o2)cc1. The molecule has 28 heavy (non-hydrogen) atoms. The molecule has 5 nitrogen and oxygen atoms in total. The van der Waals surface area contributed by atoms with Gasteiger partial charge in [-0.15, -0.1) is 0 Å². The number of aryl methyl sites for hydroxylation is 2. The van der Waals surface area contributed by atoms with Gasteiger partial charge in [-0.3, -0.25) is 9.00 Å². The first-order valence-corrected chi connectivity index (χ1v) is 10.6. The van der Waals surface area contributed by atoms with Crippen molar-refractivity contribution < 1.29 is 13.4 Å². The van der Waals surface area contributed by atoms with Gasteiger partial charge >= 0.3 is 0 Å². The molecule has 0 aliphatic heterocycles. The Hall–Kier alpha value is -2.73. The molecular weight excluding hydrogens is 372 g/mol. The molecule has 0 aliphatic rings. The molecule has 1 atom stereocenters. The van der Waals surface area contributed by atoms with Gasteiger partial charge in [0.2, 0.25) is 5.89 Å². The molecule has 1 heterocycles. The van der Waals surface area contributed by atoms with E-state index in [1.165, 1.54) is 0 Å². The minimum Gasteiger partial charge on any atom is -0.441 e. The Morgan fingerprint density at radius 1 is 1.07 bits per heavy atom. The topological polar surface area (TPSA) is 72.2 Å². The van der Waals surface area contributed by atoms with Crippen molar-refractivity contribution in [1.82, 2.24) is 10.3 Å². The van der Waals surface area contributed by atoms with Gasteiger partial charge < -0.3 is 9.73 Å². The second-order valence-electron chi connectivity index (χ2n) is 6.66. The van der Waals surface area contributed by atoms with Crippen molar-refractivity contribution >= 4 is 16.7 Å². The molecule has 0 bridgehead atoms. The number of rotatable bonds is 7. The van der Waals surface area contributed by atoms with Crippen LogP contribution in [-0.4, -0.2) is 21.6 Å². The summed E-state index contributed by atoms with van der Waals surface area (Å²) in [4.78, 5) is 17.3. The highest BCUT2D eigenvalue weighted by Gasteiger charge is 2.15. The Morgan fingerprint density at radius 2 is 1.75 bits per heavy atom. The summed E-state index contributed by atoms with van der Waals surface area (Å²) in [6, 6.07) is 14.8. The third kappa shape index (κ3) is 4.75. The lowest BCUT2D eigenvalue weighted by atomic mass is 10.1. The Kier molecular flexibility index (Phi) is 6.41. The quantitative estimate of drug-likeness (QED) is 0.642. The van der Waals surface area contributed by atoms with Crippen molar-refractivity contribution in [2.75, 3.05) is 6.54 Å². The summed E-state index contributed by atoms with van der Waals surface area (Å²) in [7, 11) is -1.18. The number of aromatic nitrogens is 1. The molecule has 146 valence electrons. The third-order valence-electron chi connectivity index (χ3n) is 4.37. The van der Waals surface area contributed by atoms with Crippen LogP contribution in [0.15, 0.2) is 57.8 Å². The van der Waals surface area contributed by atoms with Crippen molar-refractivity contribution in [3.05, 3.63) is 71.1 Å². The predicted molar refractivity (Wildman–Crippen MR) is 111 cm³/mol. The van der Waals surface area contributed by atoms with Gasteiger partial charge in [0.25, 0.3) is 5.91 Å². The van der Waals surface area contributed by atoms with Crippen LogP contribution in [0.25, 0.3) is 11.5 Å². The monoisotopic (exact) mass is 396 g/mol. The van der Waals surface area contributed by atoms with E-state index in [-0.39, 0.29) is 5.91 Å². The summed E-state index contributed by atoms with van der Waals surface area (Å²) >= 11 is 0. The number of hydrogen-bond donors (Lipinski definition) is 1. The molecule has 0 saturated carbocycles. The molecule has 1 amide bonds. The largest absolute Gasteiger partial charge is 0.441 e. The van der Waals surface area contributed by atoms with E-state index in [1.54, 1.807) is 12.1 Å². The smallest absolute Gasteiger partial charge is 0.251 e. The molecule has 3 rings (SSSR count). The average Bonchev–Trinajstić information content (AvgIpc) is 3.07. The average molecular weight is 397 g/mol. The zero-order valence-corrected chi connectivity index (χ0v) is 17.1. The first-order valence-electron chi connectivity index (χ1n) is 9.28. The van der Waals surface area contributed by atoms with Gasteiger partial charge in [-0.2, -0.15) is 0 Å². The fourth-order valence-electron chi connectivity index (χ4n) is 2.69. The van der Waals surface area contributed by atoms with Gasteiger partial charge in [-0.05, 0) is 56.7 Å². The number of oxazole rings is 1. The van der Waals surface area contributed by atoms with E-state index in [1.807, 2.05) is 57.2 Å². The van der Waals surface area contributed by atoms with Crippen LogP contribution >= 0.6 is 0 Å². The Labute approximate surface area is 167 Å². The molecule has 6 heteroatoms. The second kappa shape index (κ2) is 8.97. The van der Waals surface area contributed by atoms with Gasteiger partial charge in [0.05, 0.1) is 22.2 Å². The van der Waals surface area contributed by atoms with Crippen LogP contribution in [0.1, 0.15) is 40.7 Å². The van der Waals surface area contributed by atoms with Gasteiger partial charge in [-0.25, -0.2) is 4.98 Å². The molecule has 0 spiro atoms. The van der Waals surface area contributed by atoms with Crippen molar-refractivity contribution in [2.45, 2.75) is 37.8 Å². The number of nitrogens with zero attached hydrogens (tertiary/aromatic N) is 1. The summed E-state index contributed by atoms with van der Waals surface area (Å²) in [6.45, 7) is 6.49. The van der Waals surface area contributed by atoms with Crippen LogP contribution in [-0.2, 0) is 16.6 Å². The molecule has 1 unspecified atom stereocenters. The van der Waals surface area contributed by atoms with Crippen molar-refractivity contribution in [2.24, 2.45) is 0 Å². The van der Waals surface area contributed by atoms with E-state index < -0.39 is 10.8 Å². The first-order chi connectivity index (χ1) is 13.5. The standard InChI is InChI=1S/C22H24N2O3S/c1-4-13-23-21(25)17-7-9-18(10-8-17)22-24-20(16(3)27-22)14-28(26)19-11-5-15(2)6-12-19/h5-12H,4,13-14H2,1-3H3,(H,23,25). The van der Waals surface area contributed by atoms with E-state index >= 15 is 0 Å². The molecule has 1 N–H and O–H groups in total. The number of benzene rings is 2. The fourth-order valence-corrected chi connectivity index (χ4v) is 3.81. The Morgan fingerprint density at radius 3 is 2.39 bits per heavy atom. The van der Waals surface area contributed by atoms with Crippen molar-refractivity contribution in [1.29, 1.82) is 0 Å². The molecule has 0 radical (unpaired) electrons. The molecule has 2 aromatic carbocycles. The first kappa shape index (κ1) is 20.0. The normalized spacial score (nSPS) is 12.0. The van der Waals surface area contributed by atoms with Crippen LogP contribution < -0.4 is 5.32 Å². The van der Waals surface area contributed by atoms with Crippen LogP contribution in [0, 0.1) is 13.8 Å². The summed E-state index contributed by atoms with van der Waals surface area (Å²) in [5, 5.41) is 2.85. The fraction of sp³-hybridized carbons (Fsp3) is 0.273. The second-order valence-corrected chi connectivity index (χ2v) is 8.11. The number of carbonyl (C=O) groups excluding carboxylic acids is 1. The summed E-state index contributed by atoms with van der Waals surface area (Å²) in [5.41, 5.74) is 3.19. The van der Waals surface area contributed by atoms with Crippen LogP contribution in [0.2, 0.25) is 0 Å². The number of nitrogens with one attached hydrogen (secondary N) is 1. The zero-order valence-electron chi connectivity index (χ0n) is 16.3. The van der Waals surface area contributed by atoms with E-state index in [4.69, 9.17) is 4.42 Å². The van der Waals surface area contributed by atoms with E-state index in [2.05, 4.69) is 10.3 Å². The van der Waals surface area contributed by atoms with Gasteiger partial charge in [-0.1, -0.05) is 24.6 Å². The number of amides is 1. The van der Waals surface area contributed by atoms with Crippen molar-refractivity contribution in [3.8, 4) is 11.5 Å². The van der Waals surface area contributed by atoms with Crippen LogP contribution in [0.3, 0.4) is 0 Å². The molecule has 0 aliphatic carbocycles. The lowest BCUT2D eigenvalue weighted by Crippen LogP contribution is -2.23. The lowest BCUT2D eigenvalue weighted by molar-refractivity contribution is 0.0953. The van der Waals surface area contributed by atoms with Gasteiger partial charge in [0.1, 0.15) is 5.76 Å². The van der Waals surface area contributed by atoms with E-state index in [0.29, 0.717) is 35.2 Å². The minimum atomic E-state index is -1.18. The molecule has 1 aromatic heterocycles. The van der Waals surface area contributed by atoms with Gasteiger partial charge in [0, 0.05) is 22.6 Å². The maximum Gasteiger partial charge on any atom is 0.251 e. The summed E-state index contributed by atoms with van der Waals surface area (Å²) < 4.78 is 18.4. The minimum absolute atomic E-state index is 0.0915. The molecule has 0 saturated heterocycles. The predicted octanol–water partition coefficient (Wildman–Crippen LogP) is 4.41. The highest BCUT2D eigenvalue weighted by molar-refractivity contribution is 7.84. The third-order valence-corrected chi connectivity index (χ3v) is 5.71. The van der Waals surface area contributed by atoms with Gasteiger partial charge in [0.15, 0.2) is 0 Å². The molecular formula is C22H24N2O3S. The molecule has 3 aromatic rings. The summed E-state index contributed by atoms with van der Waals surface area (Å²) in [6.07, 6.45) is 0.895. The highest BCUT2D eigenvalue weighted by atomic mass is 32.2. The molecule has 0 fully saturated rings. The van der Waals surface area contributed by atoms with E-state index in [0.717, 1.165) is 22.4 Å². The number of hydrogen-bond acceptors (Lipinski definition) is 4. The zero-order chi connectivity index (χ0) is 20.1. The highest BCUT2D eigenvalue weighted by Crippen LogP contribution is 2.24. The maximum atomic E-state index is 12.6. The number of carbonyl (C=O) groups is 1. The maximum absolute atomic E-state index is 12.6. The Balaban J connectivity index is 1.73. The Bertz CT molecular complexity index is 976. The van der Waals surface area contributed by atoms with Crippen molar-refractivity contribution in [3.63, 3.8) is 0 Å². The summed E-state index contributed by atoms with van der Waals surface area (Å²) in [5.74, 6) is 1.33.